The maximum Gasteiger partial charge on any atom is 0.573 e. The lowest BCUT2D eigenvalue weighted by atomic mass is 10.1. The van der Waals surface area contributed by atoms with Gasteiger partial charge < -0.3 is 19.7 Å². The molecule has 4 aromatic rings. The van der Waals surface area contributed by atoms with Gasteiger partial charge in [-0.25, -0.2) is 4.98 Å². The number of alkyl halides is 3. The third-order valence-electron chi connectivity index (χ3n) is 5.47. The Balaban J connectivity index is 1.71. The van der Waals surface area contributed by atoms with Gasteiger partial charge in [0.15, 0.2) is 0 Å². The number of hydrogen-bond acceptors (Lipinski definition) is 4. The van der Waals surface area contributed by atoms with E-state index >= 15 is 0 Å². The second-order valence-electron chi connectivity index (χ2n) is 7.95. The van der Waals surface area contributed by atoms with Crippen molar-refractivity contribution in [3.8, 4) is 5.75 Å². The molecule has 0 unspecified atom stereocenters. The number of halogens is 4. The van der Waals surface area contributed by atoms with Crippen LogP contribution in [0.3, 0.4) is 0 Å². The Bertz CT molecular complexity index is 1340. The van der Waals surface area contributed by atoms with Crippen LogP contribution < -0.4 is 10.1 Å². The number of aryl methyl sites for hydroxylation is 1. The van der Waals surface area contributed by atoms with Crippen molar-refractivity contribution < 1.29 is 27.8 Å². The van der Waals surface area contributed by atoms with Crippen LogP contribution in [0.15, 0.2) is 66.7 Å². The SMILES string of the molecule is C[C@@H](c1ccc(Cl)cc1)n1c(Nc2ccc(OC(F)(F)F)cc2)nc2cc(CCC(=O)O)ccc21. The van der Waals surface area contributed by atoms with Crippen LogP contribution in [0.5, 0.6) is 5.75 Å². The fourth-order valence-corrected chi connectivity index (χ4v) is 3.92. The van der Waals surface area contributed by atoms with Gasteiger partial charge in [0.25, 0.3) is 0 Å². The molecule has 0 spiro atoms. The van der Waals surface area contributed by atoms with Gasteiger partial charge in [-0.15, -0.1) is 13.2 Å². The lowest BCUT2D eigenvalue weighted by Gasteiger charge is -2.19. The lowest BCUT2D eigenvalue weighted by Crippen LogP contribution is -2.17. The molecule has 0 bridgehead atoms. The van der Waals surface area contributed by atoms with Gasteiger partial charge in [-0.3, -0.25) is 4.79 Å². The molecule has 35 heavy (non-hydrogen) atoms. The zero-order chi connectivity index (χ0) is 25.2. The summed E-state index contributed by atoms with van der Waals surface area (Å²) in [5.41, 5.74) is 3.80. The molecule has 6 nitrogen and oxygen atoms in total. The van der Waals surface area contributed by atoms with E-state index in [4.69, 9.17) is 21.7 Å². The summed E-state index contributed by atoms with van der Waals surface area (Å²) in [5.74, 6) is -0.733. The number of aromatic nitrogens is 2. The van der Waals surface area contributed by atoms with Gasteiger partial charge in [-0.05, 0) is 73.0 Å². The first-order chi connectivity index (χ1) is 16.6. The minimum Gasteiger partial charge on any atom is -0.481 e. The maximum atomic E-state index is 12.5. The number of ether oxygens (including phenoxy) is 1. The van der Waals surface area contributed by atoms with Crippen LogP contribution in [0.1, 0.15) is 30.5 Å². The number of imidazole rings is 1. The topological polar surface area (TPSA) is 76.4 Å². The predicted octanol–water partition coefficient (Wildman–Crippen LogP) is 6.96. The van der Waals surface area contributed by atoms with Crippen LogP contribution in [0.25, 0.3) is 11.0 Å². The molecule has 1 heterocycles. The van der Waals surface area contributed by atoms with Crippen molar-refractivity contribution in [2.24, 2.45) is 0 Å². The third kappa shape index (κ3) is 6.05. The van der Waals surface area contributed by atoms with Gasteiger partial charge in [0.1, 0.15) is 5.75 Å². The van der Waals surface area contributed by atoms with Crippen molar-refractivity contribution in [3.05, 3.63) is 82.9 Å². The number of benzene rings is 3. The molecular weight excluding hydrogens is 483 g/mol. The largest absolute Gasteiger partial charge is 0.573 e. The summed E-state index contributed by atoms with van der Waals surface area (Å²) in [5, 5.41) is 12.8. The molecule has 0 amide bonds. The van der Waals surface area contributed by atoms with Gasteiger partial charge in [-0.1, -0.05) is 29.8 Å². The summed E-state index contributed by atoms with van der Waals surface area (Å²) in [6.45, 7) is 1.99. The number of nitrogens with one attached hydrogen (secondary N) is 1. The molecule has 0 radical (unpaired) electrons. The quantitative estimate of drug-likeness (QED) is 0.272. The van der Waals surface area contributed by atoms with Crippen molar-refractivity contribution >= 4 is 40.2 Å². The molecule has 0 fully saturated rings. The highest BCUT2D eigenvalue weighted by molar-refractivity contribution is 6.30. The average molecular weight is 504 g/mol. The Morgan fingerprint density at radius 3 is 2.43 bits per heavy atom. The molecule has 4 rings (SSSR count). The van der Waals surface area contributed by atoms with Crippen LogP contribution in [0, 0.1) is 0 Å². The monoisotopic (exact) mass is 503 g/mol. The van der Waals surface area contributed by atoms with E-state index in [1.165, 1.54) is 24.3 Å². The summed E-state index contributed by atoms with van der Waals surface area (Å²) < 4.78 is 43.3. The van der Waals surface area contributed by atoms with Crippen LogP contribution in [0.4, 0.5) is 24.8 Å². The van der Waals surface area contributed by atoms with Gasteiger partial charge in [-0.2, -0.15) is 0 Å². The highest BCUT2D eigenvalue weighted by Gasteiger charge is 2.31. The fraction of sp³-hybridized carbons (Fsp3) is 0.200. The van der Waals surface area contributed by atoms with Gasteiger partial charge in [0.05, 0.1) is 17.1 Å². The zero-order valence-electron chi connectivity index (χ0n) is 18.5. The van der Waals surface area contributed by atoms with E-state index in [9.17, 15) is 18.0 Å². The summed E-state index contributed by atoms with van der Waals surface area (Å²) >= 11 is 6.04. The molecule has 0 aliphatic heterocycles. The standard InChI is InChI=1S/C25H21ClF3N3O3/c1-15(17-4-6-18(26)7-5-17)32-22-12-2-16(3-13-23(33)34)14-21(22)31-24(32)30-19-8-10-20(11-9-19)35-25(27,28)29/h2,4-12,14-15H,3,13H2,1H3,(H,30,31)(H,33,34)/t15-/m0/s1. The smallest absolute Gasteiger partial charge is 0.481 e. The Hall–Kier alpha value is -3.72. The van der Waals surface area contributed by atoms with E-state index < -0.39 is 12.3 Å². The summed E-state index contributed by atoms with van der Waals surface area (Å²) in [4.78, 5) is 15.7. The van der Waals surface area contributed by atoms with E-state index in [0.717, 1.165) is 16.6 Å². The Kier molecular flexibility index (Phi) is 6.88. The van der Waals surface area contributed by atoms with E-state index in [1.807, 2.05) is 41.8 Å². The lowest BCUT2D eigenvalue weighted by molar-refractivity contribution is -0.274. The van der Waals surface area contributed by atoms with E-state index in [1.54, 1.807) is 12.1 Å². The Morgan fingerprint density at radius 1 is 1.11 bits per heavy atom. The number of carboxylic acids is 1. The first-order valence-corrected chi connectivity index (χ1v) is 11.1. The molecular formula is C25H21ClF3N3O3. The number of carboxylic acid groups (broad SMARTS) is 1. The molecule has 10 heteroatoms. The fourth-order valence-electron chi connectivity index (χ4n) is 3.79. The van der Waals surface area contributed by atoms with Crippen molar-refractivity contribution in [1.29, 1.82) is 0 Å². The Labute approximate surface area is 203 Å². The second kappa shape index (κ2) is 9.87. The number of nitrogens with zero attached hydrogens (tertiary/aromatic N) is 2. The maximum absolute atomic E-state index is 12.5. The number of anilines is 2. The molecule has 0 saturated carbocycles. The highest BCUT2D eigenvalue weighted by Crippen LogP contribution is 2.32. The second-order valence-corrected chi connectivity index (χ2v) is 8.38. The van der Waals surface area contributed by atoms with Crippen LogP contribution >= 0.6 is 11.6 Å². The van der Waals surface area contributed by atoms with Crippen LogP contribution in [-0.2, 0) is 11.2 Å². The Morgan fingerprint density at radius 2 is 1.80 bits per heavy atom. The van der Waals surface area contributed by atoms with Crippen molar-refractivity contribution in [2.45, 2.75) is 32.2 Å². The summed E-state index contributed by atoms with van der Waals surface area (Å²) in [6.07, 6.45) is -4.39. The van der Waals surface area contributed by atoms with E-state index in [-0.39, 0.29) is 18.2 Å². The summed E-state index contributed by atoms with van der Waals surface area (Å²) in [6, 6.07) is 18.2. The number of carbonyl (C=O) groups is 1. The number of hydrogen-bond donors (Lipinski definition) is 2. The third-order valence-corrected chi connectivity index (χ3v) is 5.72. The normalized spacial score (nSPS) is 12.5. The first kappa shape index (κ1) is 24.4. The van der Waals surface area contributed by atoms with Crippen molar-refractivity contribution in [1.82, 2.24) is 9.55 Å². The minimum atomic E-state index is -4.77. The number of fused-ring (bicyclic) bond motifs is 1. The molecule has 0 aliphatic rings. The van der Waals surface area contributed by atoms with E-state index in [2.05, 4.69) is 10.1 Å². The van der Waals surface area contributed by atoms with Crippen LogP contribution in [-0.4, -0.2) is 27.0 Å². The molecule has 1 atom stereocenters. The van der Waals surface area contributed by atoms with Crippen molar-refractivity contribution in [2.75, 3.05) is 5.32 Å². The van der Waals surface area contributed by atoms with Gasteiger partial charge in [0, 0.05) is 17.1 Å². The number of aliphatic carboxylic acids is 1. The van der Waals surface area contributed by atoms with Gasteiger partial charge >= 0.3 is 12.3 Å². The summed E-state index contributed by atoms with van der Waals surface area (Å²) in [7, 11) is 0. The molecule has 1 aromatic heterocycles. The zero-order valence-corrected chi connectivity index (χ0v) is 19.3. The predicted molar refractivity (Wildman–Crippen MR) is 127 cm³/mol. The molecule has 0 saturated heterocycles. The molecule has 182 valence electrons. The van der Waals surface area contributed by atoms with Crippen LogP contribution in [0.2, 0.25) is 5.02 Å². The first-order valence-electron chi connectivity index (χ1n) is 10.7. The molecule has 3 aromatic carbocycles. The number of rotatable bonds is 8. The van der Waals surface area contributed by atoms with Crippen molar-refractivity contribution in [3.63, 3.8) is 0 Å². The van der Waals surface area contributed by atoms with E-state index in [0.29, 0.717) is 28.6 Å². The average Bonchev–Trinajstić information content (AvgIpc) is 3.15. The molecule has 0 aliphatic carbocycles. The minimum absolute atomic E-state index is 0.00481. The highest BCUT2D eigenvalue weighted by atomic mass is 35.5. The van der Waals surface area contributed by atoms with Gasteiger partial charge in [0.2, 0.25) is 5.95 Å². The molecule has 2 N–H and O–H groups in total.